The van der Waals surface area contributed by atoms with E-state index in [1.165, 1.54) is 18.2 Å². The highest BCUT2D eigenvalue weighted by atomic mass is 19.1. The Morgan fingerprint density at radius 1 is 1.15 bits per heavy atom. The van der Waals surface area contributed by atoms with E-state index in [1.54, 1.807) is 42.5 Å². The second-order valence-electron chi connectivity index (χ2n) is 5.70. The lowest BCUT2D eigenvalue weighted by atomic mass is 10.1. The summed E-state index contributed by atoms with van der Waals surface area (Å²) >= 11 is 0. The van der Waals surface area contributed by atoms with E-state index in [4.69, 9.17) is 0 Å². The van der Waals surface area contributed by atoms with Crippen LogP contribution in [0.2, 0.25) is 0 Å². The van der Waals surface area contributed by atoms with E-state index in [2.05, 4.69) is 25.6 Å². The number of anilines is 1. The molecule has 0 atom stereocenters. The van der Waals surface area contributed by atoms with Gasteiger partial charge in [-0.25, -0.2) is 9.37 Å². The van der Waals surface area contributed by atoms with Crippen molar-refractivity contribution in [2.45, 2.75) is 0 Å². The second kappa shape index (κ2) is 6.32. The maximum atomic E-state index is 13.7. The molecule has 4 rings (SSSR count). The molecule has 0 radical (unpaired) electrons. The summed E-state index contributed by atoms with van der Waals surface area (Å²) < 4.78 is 15.3. The minimum Gasteiger partial charge on any atom is -0.306 e. The molecule has 1 aromatic carbocycles. The maximum Gasteiger partial charge on any atom is 0.259 e. The zero-order valence-corrected chi connectivity index (χ0v) is 13.7. The maximum absolute atomic E-state index is 13.7. The smallest absolute Gasteiger partial charge is 0.259 e. The third-order valence-corrected chi connectivity index (χ3v) is 3.83. The van der Waals surface area contributed by atoms with Crippen LogP contribution in [0.3, 0.4) is 0 Å². The van der Waals surface area contributed by atoms with Crippen molar-refractivity contribution in [2.24, 2.45) is 7.05 Å². The van der Waals surface area contributed by atoms with Gasteiger partial charge in [-0.2, -0.15) is 0 Å². The van der Waals surface area contributed by atoms with Gasteiger partial charge < -0.3 is 5.32 Å². The summed E-state index contributed by atoms with van der Waals surface area (Å²) in [6.45, 7) is 0. The normalized spacial score (nSPS) is 10.8. The minimum absolute atomic E-state index is 0.0409. The van der Waals surface area contributed by atoms with Crippen molar-refractivity contribution in [3.05, 3.63) is 66.4 Å². The van der Waals surface area contributed by atoms with Gasteiger partial charge in [0.2, 0.25) is 0 Å². The number of hydrogen-bond donors (Lipinski definition) is 1. The van der Waals surface area contributed by atoms with E-state index in [0.717, 1.165) is 10.9 Å². The number of carbonyl (C=O) groups excluding carboxylic acids is 1. The molecule has 26 heavy (non-hydrogen) atoms. The molecular formula is C18H13FN6O. The second-order valence-corrected chi connectivity index (χ2v) is 5.70. The number of rotatable bonds is 3. The molecule has 1 N–H and O–H groups in total. The van der Waals surface area contributed by atoms with Gasteiger partial charge in [0.25, 0.3) is 5.91 Å². The summed E-state index contributed by atoms with van der Waals surface area (Å²) in [6, 6.07) is 9.34. The Bertz CT molecular complexity index is 1120. The number of carbonyl (C=O) groups is 1. The van der Waals surface area contributed by atoms with Crippen LogP contribution in [0, 0.1) is 5.82 Å². The van der Waals surface area contributed by atoms with Crippen molar-refractivity contribution in [1.29, 1.82) is 0 Å². The Hall–Kier alpha value is -3.68. The lowest BCUT2D eigenvalue weighted by Crippen LogP contribution is -2.14. The van der Waals surface area contributed by atoms with Crippen LogP contribution >= 0.6 is 0 Å². The molecule has 0 aliphatic carbocycles. The van der Waals surface area contributed by atoms with Gasteiger partial charge in [0.1, 0.15) is 17.3 Å². The Morgan fingerprint density at radius 3 is 2.77 bits per heavy atom. The predicted octanol–water partition coefficient (Wildman–Crippen LogP) is 2.82. The standard InChI is InChI=1S/C18H13FN6O/c1-25-10-16(23-24-25)12-6-11-7-17(21-9-15(11)20-8-12)22-18(26)13-4-2-3-5-14(13)19/h2-10H,1H3,(H,21,22,26). The van der Waals surface area contributed by atoms with Gasteiger partial charge >= 0.3 is 0 Å². The molecule has 3 aromatic heterocycles. The quantitative estimate of drug-likeness (QED) is 0.615. The van der Waals surface area contributed by atoms with Crippen LogP contribution in [-0.4, -0.2) is 30.9 Å². The van der Waals surface area contributed by atoms with E-state index in [1.807, 2.05) is 6.07 Å². The Labute approximate surface area is 147 Å². The van der Waals surface area contributed by atoms with Crippen LogP contribution in [0.1, 0.15) is 10.4 Å². The molecule has 8 heteroatoms. The number of nitrogens with zero attached hydrogens (tertiary/aromatic N) is 5. The van der Waals surface area contributed by atoms with Crippen molar-refractivity contribution < 1.29 is 9.18 Å². The SMILES string of the molecule is Cn1cc(-c2cnc3cnc(NC(=O)c4ccccc4F)cc3c2)nn1. The topological polar surface area (TPSA) is 85.6 Å². The first kappa shape index (κ1) is 15.8. The van der Waals surface area contributed by atoms with E-state index in [0.29, 0.717) is 17.0 Å². The van der Waals surface area contributed by atoms with Gasteiger partial charge in [0.15, 0.2) is 0 Å². The molecule has 1 amide bonds. The third kappa shape index (κ3) is 3.00. The van der Waals surface area contributed by atoms with Crippen molar-refractivity contribution in [2.75, 3.05) is 5.32 Å². The van der Waals surface area contributed by atoms with Crippen LogP contribution in [0.25, 0.3) is 22.2 Å². The highest BCUT2D eigenvalue weighted by molar-refractivity contribution is 6.04. The zero-order valence-electron chi connectivity index (χ0n) is 13.7. The molecule has 0 aliphatic rings. The molecule has 0 spiro atoms. The number of pyridine rings is 2. The van der Waals surface area contributed by atoms with Gasteiger partial charge in [-0.3, -0.25) is 14.5 Å². The number of hydrogen-bond acceptors (Lipinski definition) is 5. The molecule has 3 heterocycles. The molecule has 128 valence electrons. The van der Waals surface area contributed by atoms with E-state index < -0.39 is 11.7 Å². The molecule has 0 saturated heterocycles. The number of benzene rings is 1. The fourth-order valence-electron chi connectivity index (χ4n) is 2.55. The first-order valence-corrected chi connectivity index (χ1v) is 7.78. The average molecular weight is 348 g/mol. The first-order chi connectivity index (χ1) is 12.6. The molecule has 0 saturated carbocycles. The molecule has 0 fully saturated rings. The molecule has 0 unspecified atom stereocenters. The van der Waals surface area contributed by atoms with Crippen LogP contribution in [0.5, 0.6) is 0 Å². The molecular weight excluding hydrogens is 335 g/mol. The number of halogens is 1. The van der Waals surface area contributed by atoms with Gasteiger partial charge in [0.05, 0.1) is 23.5 Å². The highest BCUT2D eigenvalue weighted by Gasteiger charge is 2.12. The summed E-state index contributed by atoms with van der Waals surface area (Å²) in [4.78, 5) is 20.7. The number of amides is 1. The van der Waals surface area contributed by atoms with Gasteiger partial charge in [-0.1, -0.05) is 17.3 Å². The van der Waals surface area contributed by atoms with Crippen molar-refractivity contribution >= 4 is 22.6 Å². The monoisotopic (exact) mass is 348 g/mol. The lowest BCUT2D eigenvalue weighted by Gasteiger charge is -2.07. The largest absolute Gasteiger partial charge is 0.306 e. The third-order valence-electron chi connectivity index (χ3n) is 3.83. The van der Waals surface area contributed by atoms with E-state index >= 15 is 0 Å². The van der Waals surface area contributed by atoms with E-state index in [9.17, 15) is 9.18 Å². The van der Waals surface area contributed by atoms with Crippen LogP contribution in [0.4, 0.5) is 10.2 Å². The summed E-state index contributed by atoms with van der Waals surface area (Å²) in [7, 11) is 1.78. The van der Waals surface area contributed by atoms with Gasteiger partial charge in [-0.15, -0.1) is 5.10 Å². The minimum atomic E-state index is -0.586. The van der Waals surface area contributed by atoms with Gasteiger partial charge in [-0.05, 0) is 24.3 Å². The van der Waals surface area contributed by atoms with Crippen molar-refractivity contribution in [3.63, 3.8) is 0 Å². The van der Waals surface area contributed by atoms with Crippen molar-refractivity contribution in [3.8, 4) is 11.3 Å². The summed E-state index contributed by atoms with van der Waals surface area (Å²) in [5.74, 6) is -0.839. The fraction of sp³-hybridized carbons (Fsp3) is 0.0556. The Balaban J connectivity index is 1.66. The fourth-order valence-corrected chi connectivity index (χ4v) is 2.55. The number of aryl methyl sites for hydroxylation is 1. The van der Waals surface area contributed by atoms with Crippen molar-refractivity contribution in [1.82, 2.24) is 25.0 Å². The summed E-state index contributed by atoms with van der Waals surface area (Å²) in [5.41, 5.74) is 2.11. The Kier molecular flexibility index (Phi) is 3.85. The first-order valence-electron chi connectivity index (χ1n) is 7.78. The molecule has 4 aromatic rings. The molecule has 0 bridgehead atoms. The van der Waals surface area contributed by atoms with E-state index in [-0.39, 0.29) is 5.56 Å². The lowest BCUT2D eigenvalue weighted by molar-refractivity contribution is 0.102. The van der Waals surface area contributed by atoms with Crippen LogP contribution in [0.15, 0.2) is 55.0 Å². The average Bonchev–Trinajstić information content (AvgIpc) is 3.08. The molecule has 7 nitrogen and oxygen atoms in total. The summed E-state index contributed by atoms with van der Waals surface area (Å²) in [6.07, 6.45) is 5.02. The van der Waals surface area contributed by atoms with Crippen LogP contribution < -0.4 is 5.32 Å². The Morgan fingerprint density at radius 2 is 2.00 bits per heavy atom. The zero-order chi connectivity index (χ0) is 18.1. The van der Waals surface area contributed by atoms with Gasteiger partial charge in [0, 0.05) is 24.2 Å². The van der Waals surface area contributed by atoms with Crippen LogP contribution in [-0.2, 0) is 7.05 Å². The number of nitrogens with one attached hydrogen (secondary N) is 1. The molecule has 0 aliphatic heterocycles. The highest BCUT2D eigenvalue weighted by Crippen LogP contribution is 2.22. The number of fused-ring (bicyclic) bond motifs is 1. The summed E-state index contributed by atoms with van der Waals surface area (Å²) in [5, 5.41) is 11.3. The number of aromatic nitrogens is 5. The predicted molar refractivity (Wildman–Crippen MR) is 93.9 cm³/mol.